The number of aromatic nitrogens is 2. The minimum atomic E-state index is 0.486. The van der Waals surface area contributed by atoms with Gasteiger partial charge in [-0.3, -0.25) is 4.98 Å². The summed E-state index contributed by atoms with van der Waals surface area (Å²) in [6.45, 7) is 5.39. The number of pyridine rings is 2. The van der Waals surface area contributed by atoms with Crippen molar-refractivity contribution >= 4 is 11.5 Å². The van der Waals surface area contributed by atoms with E-state index in [1.54, 1.807) is 12.3 Å². The molecule has 0 unspecified atom stereocenters. The van der Waals surface area contributed by atoms with Crippen LogP contribution in [0, 0.1) is 6.92 Å². The van der Waals surface area contributed by atoms with Crippen molar-refractivity contribution in [1.82, 2.24) is 9.97 Å². The molecule has 106 valence electrons. The molecule has 2 aromatic rings. The van der Waals surface area contributed by atoms with E-state index in [1.165, 1.54) is 5.56 Å². The van der Waals surface area contributed by atoms with Crippen molar-refractivity contribution in [2.75, 3.05) is 17.7 Å². The Morgan fingerprint density at radius 1 is 1.30 bits per heavy atom. The molecule has 5 heteroatoms. The molecule has 2 heterocycles. The van der Waals surface area contributed by atoms with Gasteiger partial charge in [-0.15, -0.1) is 0 Å². The fraction of sp³-hybridized carbons (Fsp3) is 0.333. The van der Waals surface area contributed by atoms with E-state index in [0.717, 1.165) is 17.8 Å². The van der Waals surface area contributed by atoms with Crippen LogP contribution in [0.5, 0.6) is 5.88 Å². The van der Waals surface area contributed by atoms with Gasteiger partial charge in [0, 0.05) is 18.9 Å². The Labute approximate surface area is 119 Å². The molecule has 2 rings (SSSR count). The van der Waals surface area contributed by atoms with E-state index in [4.69, 9.17) is 10.5 Å². The normalized spacial score (nSPS) is 10.3. The number of anilines is 2. The lowest BCUT2D eigenvalue weighted by Crippen LogP contribution is -2.06. The first-order valence-corrected chi connectivity index (χ1v) is 6.73. The highest BCUT2D eigenvalue weighted by Crippen LogP contribution is 2.21. The first kappa shape index (κ1) is 14.1. The molecular weight excluding hydrogens is 252 g/mol. The minimum Gasteiger partial charge on any atom is -0.476 e. The Morgan fingerprint density at radius 3 is 2.90 bits per heavy atom. The van der Waals surface area contributed by atoms with E-state index in [1.807, 2.05) is 25.3 Å². The summed E-state index contributed by atoms with van der Waals surface area (Å²) in [5.41, 5.74) is 8.73. The maximum Gasteiger partial charge on any atom is 0.239 e. The number of hydrogen-bond donors (Lipinski definition) is 2. The first-order chi connectivity index (χ1) is 9.70. The van der Waals surface area contributed by atoms with Crippen molar-refractivity contribution in [2.24, 2.45) is 0 Å². The molecule has 0 saturated carbocycles. The summed E-state index contributed by atoms with van der Waals surface area (Å²) in [5, 5.41) is 3.26. The summed E-state index contributed by atoms with van der Waals surface area (Å²) in [5.74, 6) is 1.23. The summed E-state index contributed by atoms with van der Waals surface area (Å²) >= 11 is 0. The zero-order chi connectivity index (χ0) is 14.4. The highest BCUT2D eigenvalue weighted by atomic mass is 16.5. The number of rotatable bonds is 6. The monoisotopic (exact) mass is 272 g/mol. The molecule has 0 fully saturated rings. The van der Waals surface area contributed by atoms with Crippen LogP contribution < -0.4 is 15.8 Å². The summed E-state index contributed by atoms with van der Waals surface area (Å²) < 4.78 is 5.51. The van der Waals surface area contributed by atoms with Crippen molar-refractivity contribution in [1.29, 1.82) is 0 Å². The van der Waals surface area contributed by atoms with Crippen molar-refractivity contribution < 1.29 is 4.74 Å². The van der Waals surface area contributed by atoms with Crippen molar-refractivity contribution in [3.8, 4) is 5.88 Å². The molecule has 0 atom stereocenters. The van der Waals surface area contributed by atoms with Gasteiger partial charge in [0.05, 0.1) is 12.3 Å². The number of ether oxygens (including phenoxy) is 1. The molecule has 0 aromatic carbocycles. The number of nitrogens with zero attached hydrogens (tertiary/aromatic N) is 2. The number of nitrogens with one attached hydrogen (secondary N) is 1. The molecule has 0 aliphatic heterocycles. The average Bonchev–Trinajstić information content (AvgIpc) is 2.46. The summed E-state index contributed by atoms with van der Waals surface area (Å²) in [4.78, 5) is 8.50. The molecule has 2 aromatic heterocycles. The summed E-state index contributed by atoms with van der Waals surface area (Å²) in [7, 11) is 0. The number of aryl methyl sites for hydroxylation is 1. The molecular formula is C15H20N4O. The smallest absolute Gasteiger partial charge is 0.239 e. The minimum absolute atomic E-state index is 0.486. The predicted octanol–water partition coefficient (Wildman–Crippen LogP) is 2.77. The van der Waals surface area contributed by atoms with E-state index in [-0.39, 0.29) is 0 Å². The van der Waals surface area contributed by atoms with Crippen molar-refractivity contribution in [3.05, 3.63) is 41.7 Å². The van der Waals surface area contributed by atoms with Crippen LogP contribution in [0.1, 0.15) is 24.5 Å². The van der Waals surface area contributed by atoms with Crippen LogP contribution in [0.15, 0.2) is 30.6 Å². The third kappa shape index (κ3) is 3.60. The van der Waals surface area contributed by atoms with Gasteiger partial charge in [0.2, 0.25) is 5.88 Å². The largest absolute Gasteiger partial charge is 0.476 e. The molecule has 0 aliphatic carbocycles. The maximum absolute atomic E-state index is 5.84. The third-order valence-electron chi connectivity index (χ3n) is 2.94. The van der Waals surface area contributed by atoms with Crippen LogP contribution in [0.3, 0.4) is 0 Å². The fourth-order valence-corrected chi connectivity index (χ4v) is 1.73. The molecule has 0 spiro atoms. The van der Waals surface area contributed by atoms with Gasteiger partial charge in [-0.25, -0.2) is 0 Å². The molecule has 0 aliphatic rings. The van der Waals surface area contributed by atoms with E-state index < -0.39 is 0 Å². The van der Waals surface area contributed by atoms with Crippen molar-refractivity contribution in [2.45, 2.75) is 26.8 Å². The van der Waals surface area contributed by atoms with Gasteiger partial charge in [0.25, 0.3) is 0 Å². The Kier molecular flexibility index (Phi) is 4.76. The van der Waals surface area contributed by atoms with Gasteiger partial charge in [0.15, 0.2) is 0 Å². The molecule has 0 bridgehead atoms. The van der Waals surface area contributed by atoms with Crippen LogP contribution in [0.4, 0.5) is 11.5 Å². The van der Waals surface area contributed by atoms with E-state index in [9.17, 15) is 0 Å². The van der Waals surface area contributed by atoms with Crippen molar-refractivity contribution in [3.63, 3.8) is 0 Å². The fourth-order valence-electron chi connectivity index (χ4n) is 1.73. The zero-order valence-corrected chi connectivity index (χ0v) is 11.9. The predicted molar refractivity (Wildman–Crippen MR) is 80.7 cm³/mol. The van der Waals surface area contributed by atoms with E-state index in [2.05, 4.69) is 22.2 Å². The standard InChI is InChI=1S/C15H20N4O/c1-3-8-20-15-13(16)4-5-14(19-15)18-10-12-9-17-7-6-11(12)2/h4-7,9H,3,8,10,16H2,1-2H3,(H,18,19). The van der Waals surface area contributed by atoms with Crippen LogP contribution in [-0.4, -0.2) is 16.6 Å². The van der Waals surface area contributed by atoms with Crippen LogP contribution in [0.2, 0.25) is 0 Å². The molecule has 20 heavy (non-hydrogen) atoms. The second-order valence-corrected chi connectivity index (χ2v) is 4.60. The maximum atomic E-state index is 5.84. The van der Waals surface area contributed by atoms with Gasteiger partial charge in [-0.1, -0.05) is 6.92 Å². The highest BCUT2D eigenvalue weighted by Gasteiger charge is 2.05. The summed E-state index contributed by atoms with van der Waals surface area (Å²) in [6, 6.07) is 5.64. The Hall–Kier alpha value is -2.30. The van der Waals surface area contributed by atoms with Crippen LogP contribution in [-0.2, 0) is 6.54 Å². The second kappa shape index (κ2) is 6.75. The Balaban J connectivity index is 2.04. The second-order valence-electron chi connectivity index (χ2n) is 4.60. The lowest BCUT2D eigenvalue weighted by molar-refractivity contribution is 0.307. The molecule has 0 amide bonds. The quantitative estimate of drug-likeness (QED) is 0.846. The van der Waals surface area contributed by atoms with Gasteiger partial charge in [-0.05, 0) is 42.7 Å². The first-order valence-electron chi connectivity index (χ1n) is 6.73. The van der Waals surface area contributed by atoms with Crippen LogP contribution >= 0.6 is 0 Å². The number of nitrogen functional groups attached to an aromatic ring is 1. The molecule has 3 N–H and O–H groups in total. The zero-order valence-electron chi connectivity index (χ0n) is 11.9. The Bertz CT molecular complexity index is 572. The molecule has 0 saturated heterocycles. The SMILES string of the molecule is CCCOc1nc(NCc2cnccc2C)ccc1N. The number of hydrogen-bond acceptors (Lipinski definition) is 5. The summed E-state index contributed by atoms with van der Waals surface area (Å²) in [6.07, 6.45) is 4.57. The topological polar surface area (TPSA) is 73.1 Å². The Morgan fingerprint density at radius 2 is 2.15 bits per heavy atom. The van der Waals surface area contributed by atoms with E-state index in [0.29, 0.717) is 24.7 Å². The van der Waals surface area contributed by atoms with Gasteiger partial charge < -0.3 is 15.8 Å². The lowest BCUT2D eigenvalue weighted by atomic mass is 10.1. The van der Waals surface area contributed by atoms with Gasteiger partial charge in [-0.2, -0.15) is 4.98 Å². The average molecular weight is 272 g/mol. The molecule has 5 nitrogen and oxygen atoms in total. The van der Waals surface area contributed by atoms with Gasteiger partial charge >= 0.3 is 0 Å². The van der Waals surface area contributed by atoms with E-state index >= 15 is 0 Å². The van der Waals surface area contributed by atoms with Crippen LogP contribution in [0.25, 0.3) is 0 Å². The lowest BCUT2D eigenvalue weighted by Gasteiger charge is -2.11. The number of nitrogens with two attached hydrogens (primary N) is 1. The highest BCUT2D eigenvalue weighted by molar-refractivity contribution is 5.53. The third-order valence-corrected chi connectivity index (χ3v) is 2.94. The van der Waals surface area contributed by atoms with Gasteiger partial charge in [0.1, 0.15) is 5.82 Å². The molecule has 0 radical (unpaired) electrons.